The summed E-state index contributed by atoms with van der Waals surface area (Å²) in [6.45, 7) is 1.75. The zero-order chi connectivity index (χ0) is 16.3. The van der Waals surface area contributed by atoms with Crippen LogP contribution in [0.5, 0.6) is 5.75 Å². The Morgan fingerprint density at radius 1 is 1.45 bits per heavy atom. The summed E-state index contributed by atoms with van der Waals surface area (Å²) < 4.78 is 5.91. The van der Waals surface area contributed by atoms with E-state index in [-0.39, 0.29) is 5.91 Å². The zero-order valence-electron chi connectivity index (χ0n) is 12.1. The fraction of sp³-hybridized carbons (Fsp3) is 0.267. The maximum absolute atomic E-state index is 11.9. The predicted molar refractivity (Wildman–Crippen MR) is 89.7 cm³/mol. The largest absolute Gasteiger partial charge is 0.479 e. The van der Waals surface area contributed by atoms with E-state index in [1.165, 1.54) is 16.7 Å². The minimum Gasteiger partial charge on any atom is -0.479 e. The number of benzene rings is 1. The van der Waals surface area contributed by atoms with Gasteiger partial charge in [-0.05, 0) is 30.2 Å². The van der Waals surface area contributed by atoms with Crippen LogP contribution in [0.3, 0.4) is 0 Å². The standard InChI is InChI=1S/C15H15NO4S2/c1-3-11(14(18)19)20-10-6-4-9(5-7-10)8-12-13(17)16(2)15(21)22-12/h4-8,11H,3H2,1-2H3,(H,18,19)/b12-8+. The Morgan fingerprint density at radius 2 is 2.09 bits per heavy atom. The third-order valence-electron chi connectivity index (χ3n) is 3.09. The number of hydrogen-bond acceptors (Lipinski definition) is 5. The van der Waals surface area contributed by atoms with Crippen molar-refractivity contribution in [2.75, 3.05) is 7.05 Å². The average Bonchev–Trinajstić information content (AvgIpc) is 2.73. The number of rotatable bonds is 5. The molecule has 0 aliphatic carbocycles. The van der Waals surface area contributed by atoms with Crippen molar-refractivity contribution < 1.29 is 19.4 Å². The molecule has 1 aromatic rings. The Hall–Kier alpha value is -1.86. The lowest BCUT2D eigenvalue weighted by atomic mass is 10.2. The summed E-state index contributed by atoms with van der Waals surface area (Å²) in [5.74, 6) is -0.625. The number of hydrogen-bond donors (Lipinski definition) is 1. The van der Waals surface area contributed by atoms with Crippen LogP contribution in [0.15, 0.2) is 29.2 Å². The van der Waals surface area contributed by atoms with Gasteiger partial charge in [-0.2, -0.15) is 0 Å². The van der Waals surface area contributed by atoms with E-state index in [4.69, 9.17) is 22.1 Å². The lowest BCUT2D eigenvalue weighted by Crippen LogP contribution is -2.25. The zero-order valence-corrected chi connectivity index (χ0v) is 13.7. The summed E-state index contributed by atoms with van der Waals surface area (Å²) in [6, 6.07) is 6.91. The average molecular weight is 337 g/mol. The summed E-state index contributed by atoms with van der Waals surface area (Å²) in [6.07, 6.45) is 1.28. The van der Waals surface area contributed by atoms with E-state index in [9.17, 15) is 9.59 Å². The molecule has 1 fully saturated rings. The van der Waals surface area contributed by atoms with E-state index < -0.39 is 12.1 Å². The van der Waals surface area contributed by atoms with Gasteiger partial charge in [0.1, 0.15) is 10.1 Å². The molecule has 1 aromatic carbocycles. The van der Waals surface area contributed by atoms with E-state index >= 15 is 0 Å². The number of nitrogens with zero attached hydrogens (tertiary/aromatic N) is 1. The molecule has 1 aliphatic heterocycles. The molecule has 0 radical (unpaired) electrons. The molecule has 1 amide bonds. The van der Waals surface area contributed by atoms with E-state index in [0.717, 1.165) is 5.56 Å². The number of amides is 1. The van der Waals surface area contributed by atoms with Crippen molar-refractivity contribution in [1.29, 1.82) is 0 Å². The number of likely N-dealkylation sites (N-methyl/N-ethyl adjacent to an activating group) is 1. The number of aliphatic carboxylic acids is 1. The molecular weight excluding hydrogens is 322 g/mol. The first-order valence-corrected chi connectivity index (χ1v) is 7.86. The van der Waals surface area contributed by atoms with Gasteiger partial charge < -0.3 is 9.84 Å². The van der Waals surface area contributed by atoms with Crippen molar-refractivity contribution in [3.05, 3.63) is 34.7 Å². The van der Waals surface area contributed by atoms with Crippen molar-refractivity contribution in [2.45, 2.75) is 19.4 Å². The van der Waals surface area contributed by atoms with Gasteiger partial charge in [0.25, 0.3) is 5.91 Å². The van der Waals surface area contributed by atoms with Crippen molar-refractivity contribution in [2.24, 2.45) is 0 Å². The Bertz CT molecular complexity index is 639. The second kappa shape index (κ2) is 6.93. The second-order valence-corrected chi connectivity index (χ2v) is 6.34. The second-order valence-electron chi connectivity index (χ2n) is 4.66. The van der Waals surface area contributed by atoms with Crippen LogP contribution in [0.4, 0.5) is 0 Å². The van der Waals surface area contributed by atoms with Gasteiger partial charge in [-0.1, -0.05) is 43.0 Å². The van der Waals surface area contributed by atoms with Gasteiger partial charge >= 0.3 is 5.97 Å². The van der Waals surface area contributed by atoms with Crippen LogP contribution in [-0.4, -0.2) is 39.4 Å². The fourth-order valence-electron chi connectivity index (χ4n) is 1.81. The first-order chi connectivity index (χ1) is 10.4. The van der Waals surface area contributed by atoms with Crippen molar-refractivity contribution in [3.63, 3.8) is 0 Å². The summed E-state index contributed by atoms with van der Waals surface area (Å²) in [5, 5.41) is 8.97. The third-order valence-corrected chi connectivity index (χ3v) is 4.57. The molecule has 1 aliphatic rings. The molecule has 2 rings (SSSR count). The number of carboxylic acid groups (broad SMARTS) is 1. The van der Waals surface area contributed by atoms with Crippen LogP contribution < -0.4 is 4.74 Å². The van der Waals surface area contributed by atoms with Crippen molar-refractivity contribution >= 4 is 46.3 Å². The lowest BCUT2D eigenvalue weighted by Gasteiger charge is -2.13. The first kappa shape index (κ1) is 16.5. The quantitative estimate of drug-likeness (QED) is 0.658. The number of thioether (sulfide) groups is 1. The lowest BCUT2D eigenvalue weighted by molar-refractivity contribution is -0.145. The highest BCUT2D eigenvalue weighted by Crippen LogP contribution is 2.31. The van der Waals surface area contributed by atoms with Gasteiger partial charge in [-0.25, -0.2) is 4.79 Å². The molecule has 1 unspecified atom stereocenters. The van der Waals surface area contributed by atoms with Gasteiger partial charge in [-0.15, -0.1) is 0 Å². The summed E-state index contributed by atoms with van der Waals surface area (Å²) in [5.41, 5.74) is 0.824. The van der Waals surface area contributed by atoms with Gasteiger partial charge in [-0.3, -0.25) is 9.69 Å². The number of carbonyl (C=O) groups is 2. The van der Waals surface area contributed by atoms with Crippen LogP contribution in [0.1, 0.15) is 18.9 Å². The van der Waals surface area contributed by atoms with E-state index in [0.29, 0.717) is 21.4 Å². The van der Waals surface area contributed by atoms with Crippen LogP contribution in [0.25, 0.3) is 6.08 Å². The van der Waals surface area contributed by atoms with Crippen LogP contribution in [-0.2, 0) is 9.59 Å². The number of carboxylic acids is 1. The molecule has 1 N–H and O–H groups in total. The fourth-order valence-corrected chi connectivity index (χ4v) is 2.99. The maximum Gasteiger partial charge on any atom is 0.344 e. The van der Waals surface area contributed by atoms with Gasteiger partial charge in [0.15, 0.2) is 6.10 Å². The predicted octanol–water partition coefficient (Wildman–Crippen LogP) is 2.76. The van der Waals surface area contributed by atoms with Crippen LogP contribution in [0, 0.1) is 0 Å². The van der Waals surface area contributed by atoms with Crippen LogP contribution in [0.2, 0.25) is 0 Å². The first-order valence-electron chi connectivity index (χ1n) is 6.63. The summed E-state index contributed by atoms with van der Waals surface area (Å²) >= 11 is 6.33. The van der Waals surface area contributed by atoms with E-state index in [1.807, 2.05) is 0 Å². The molecule has 1 atom stereocenters. The number of thiocarbonyl (C=S) groups is 1. The van der Waals surface area contributed by atoms with E-state index in [1.54, 1.807) is 44.3 Å². The third kappa shape index (κ3) is 3.66. The minimum atomic E-state index is -0.988. The van der Waals surface area contributed by atoms with Gasteiger partial charge in [0.05, 0.1) is 4.91 Å². The minimum absolute atomic E-state index is 0.118. The molecule has 1 saturated heterocycles. The molecule has 5 nitrogen and oxygen atoms in total. The van der Waals surface area contributed by atoms with Gasteiger partial charge in [0, 0.05) is 7.05 Å². The molecule has 7 heteroatoms. The summed E-state index contributed by atoms with van der Waals surface area (Å²) in [7, 11) is 1.65. The molecule has 0 bridgehead atoms. The molecule has 22 heavy (non-hydrogen) atoms. The van der Waals surface area contributed by atoms with E-state index in [2.05, 4.69) is 0 Å². The SMILES string of the molecule is CCC(Oc1ccc(/C=C2/SC(=S)N(C)C2=O)cc1)C(=O)O. The highest BCUT2D eigenvalue weighted by molar-refractivity contribution is 8.26. The van der Waals surface area contributed by atoms with Crippen LogP contribution >= 0.6 is 24.0 Å². The monoisotopic (exact) mass is 337 g/mol. The maximum atomic E-state index is 11.9. The molecular formula is C15H15NO4S2. The Morgan fingerprint density at radius 3 is 2.55 bits per heavy atom. The number of ether oxygens (including phenoxy) is 1. The highest BCUT2D eigenvalue weighted by Gasteiger charge is 2.28. The molecule has 0 saturated carbocycles. The smallest absolute Gasteiger partial charge is 0.344 e. The topological polar surface area (TPSA) is 66.8 Å². The number of carbonyl (C=O) groups excluding carboxylic acids is 1. The molecule has 1 heterocycles. The summed E-state index contributed by atoms with van der Waals surface area (Å²) in [4.78, 5) is 24.8. The molecule has 116 valence electrons. The Labute approximate surface area is 137 Å². The normalized spacial score (nSPS) is 17.9. The Balaban J connectivity index is 2.11. The highest BCUT2D eigenvalue weighted by atomic mass is 32.2. The van der Waals surface area contributed by atoms with Crippen molar-refractivity contribution in [1.82, 2.24) is 4.90 Å². The Kier molecular flexibility index (Phi) is 5.20. The van der Waals surface area contributed by atoms with Gasteiger partial charge in [0.2, 0.25) is 0 Å². The molecule has 0 aromatic heterocycles. The molecule has 0 spiro atoms. The van der Waals surface area contributed by atoms with Crippen molar-refractivity contribution in [3.8, 4) is 5.75 Å².